The summed E-state index contributed by atoms with van der Waals surface area (Å²) in [5, 5.41) is 6.37. The van der Waals surface area contributed by atoms with Crippen LogP contribution in [0.5, 0.6) is 0 Å². The minimum atomic E-state index is 0.292. The van der Waals surface area contributed by atoms with E-state index in [1.807, 2.05) is 0 Å². The third-order valence-electron chi connectivity index (χ3n) is 3.57. The van der Waals surface area contributed by atoms with Gasteiger partial charge in [0.15, 0.2) is 0 Å². The van der Waals surface area contributed by atoms with Gasteiger partial charge in [-0.25, -0.2) is 0 Å². The Hall–Kier alpha value is -0.570. The molecule has 1 amide bonds. The molecule has 2 unspecified atom stereocenters. The standard InChI is InChI=1S/C11H20N2O/c1-8-6-10(11(14)13-7-8)9-2-4-12-5-3-9/h8-10,12H,2-7H2,1H3,(H,13,14). The van der Waals surface area contributed by atoms with Crippen molar-refractivity contribution < 1.29 is 4.79 Å². The summed E-state index contributed by atoms with van der Waals surface area (Å²) in [7, 11) is 0. The number of nitrogens with one attached hydrogen (secondary N) is 2. The van der Waals surface area contributed by atoms with E-state index in [0.29, 0.717) is 23.7 Å². The van der Waals surface area contributed by atoms with Gasteiger partial charge in [-0.2, -0.15) is 0 Å². The zero-order chi connectivity index (χ0) is 9.97. The van der Waals surface area contributed by atoms with Crippen LogP contribution in [0.25, 0.3) is 0 Å². The molecule has 0 aliphatic carbocycles. The predicted molar refractivity (Wildman–Crippen MR) is 55.9 cm³/mol. The van der Waals surface area contributed by atoms with Crippen molar-refractivity contribution in [3.05, 3.63) is 0 Å². The zero-order valence-electron chi connectivity index (χ0n) is 8.88. The zero-order valence-corrected chi connectivity index (χ0v) is 8.88. The van der Waals surface area contributed by atoms with Crippen LogP contribution in [0.2, 0.25) is 0 Å². The molecule has 2 N–H and O–H groups in total. The Morgan fingerprint density at radius 2 is 2.00 bits per heavy atom. The van der Waals surface area contributed by atoms with Gasteiger partial charge >= 0.3 is 0 Å². The van der Waals surface area contributed by atoms with Crippen LogP contribution < -0.4 is 10.6 Å². The fourth-order valence-corrected chi connectivity index (χ4v) is 2.68. The summed E-state index contributed by atoms with van der Waals surface area (Å²) in [6.07, 6.45) is 3.44. The van der Waals surface area contributed by atoms with Crippen LogP contribution in [0.15, 0.2) is 0 Å². The number of rotatable bonds is 1. The predicted octanol–water partition coefficient (Wildman–Crippen LogP) is 0.758. The maximum absolute atomic E-state index is 11.7. The summed E-state index contributed by atoms with van der Waals surface area (Å²) < 4.78 is 0. The Morgan fingerprint density at radius 1 is 1.29 bits per heavy atom. The maximum Gasteiger partial charge on any atom is 0.223 e. The van der Waals surface area contributed by atoms with Crippen LogP contribution in [0, 0.1) is 17.8 Å². The molecule has 0 aromatic heterocycles. The van der Waals surface area contributed by atoms with Gasteiger partial charge in [0.1, 0.15) is 0 Å². The summed E-state index contributed by atoms with van der Waals surface area (Å²) in [6, 6.07) is 0. The van der Waals surface area contributed by atoms with Gasteiger partial charge in [-0.05, 0) is 44.2 Å². The lowest BCUT2D eigenvalue weighted by molar-refractivity contribution is -0.129. The molecular formula is C11H20N2O. The molecule has 2 heterocycles. The first kappa shape index (κ1) is 9.97. The molecular weight excluding hydrogens is 176 g/mol. The highest BCUT2D eigenvalue weighted by Gasteiger charge is 2.33. The van der Waals surface area contributed by atoms with Gasteiger partial charge < -0.3 is 10.6 Å². The van der Waals surface area contributed by atoms with Crippen LogP contribution >= 0.6 is 0 Å². The van der Waals surface area contributed by atoms with Crippen LogP contribution in [0.1, 0.15) is 26.2 Å². The topological polar surface area (TPSA) is 41.1 Å². The lowest BCUT2D eigenvalue weighted by Crippen LogP contribution is -2.45. The van der Waals surface area contributed by atoms with Gasteiger partial charge in [0.25, 0.3) is 0 Å². The van der Waals surface area contributed by atoms with E-state index in [4.69, 9.17) is 0 Å². The Kier molecular flexibility index (Phi) is 3.06. The van der Waals surface area contributed by atoms with Crippen molar-refractivity contribution in [1.82, 2.24) is 10.6 Å². The largest absolute Gasteiger partial charge is 0.356 e. The van der Waals surface area contributed by atoms with E-state index in [2.05, 4.69) is 17.6 Å². The molecule has 0 bridgehead atoms. The molecule has 2 aliphatic heterocycles. The molecule has 3 nitrogen and oxygen atoms in total. The summed E-state index contributed by atoms with van der Waals surface area (Å²) in [4.78, 5) is 11.7. The number of hydrogen-bond donors (Lipinski definition) is 2. The number of carbonyl (C=O) groups excluding carboxylic acids is 1. The maximum atomic E-state index is 11.7. The van der Waals surface area contributed by atoms with Gasteiger partial charge in [0, 0.05) is 12.5 Å². The summed E-state index contributed by atoms with van der Waals surface area (Å²) in [5.74, 6) is 1.88. The van der Waals surface area contributed by atoms with E-state index in [0.717, 1.165) is 26.1 Å². The van der Waals surface area contributed by atoms with E-state index in [9.17, 15) is 4.79 Å². The normalized spacial score (nSPS) is 35.4. The highest BCUT2D eigenvalue weighted by Crippen LogP contribution is 2.29. The molecule has 0 spiro atoms. The summed E-state index contributed by atoms with van der Waals surface area (Å²) >= 11 is 0. The Labute approximate surface area is 85.6 Å². The third-order valence-corrected chi connectivity index (χ3v) is 3.57. The highest BCUT2D eigenvalue weighted by atomic mass is 16.1. The highest BCUT2D eigenvalue weighted by molar-refractivity contribution is 5.79. The molecule has 0 aromatic carbocycles. The van der Waals surface area contributed by atoms with Crippen molar-refractivity contribution >= 4 is 5.91 Å². The van der Waals surface area contributed by atoms with Crippen molar-refractivity contribution in [3.63, 3.8) is 0 Å². The lowest BCUT2D eigenvalue weighted by atomic mass is 9.77. The number of piperidine rings is 2. The van der Waals surface area contributed by atoms with Crippen molar-refractivity contribution in [1.29, 1.82) is 0 Å². The molecule has 2 saturated heterocycles. The third kappa shape index (κ3) is 2.08. The van der Waals surface area contributed by atoms with Crippen LogP contribution in [0.4, 0.5) is 0 Å². The Morgan fingerprint density at radius 3 is 2.71 bits per heavy atom. The first-order chi connectivity index (χ1) is 6.77. The van der Waals surface area contributed by atoms with Crippen molar-refractivity contribution in [2.45, 2.75) is 26.2 Å². The first-order valence-corrected chi connectivity index (χ1v) is 5.76. The Balaban J connectivity index is 1.96. The average molecular weight is 196 g/mol. The number of amides is 1. The monoisotopic (exact) mass is 196 g/mol. The minimum Gasteiger partial charge on any atom is -0.356 e. The van der Waals surface area contributed by atoms with Gasteiger partial charge in [0.2, 0.25) is 5.91 Å². The molecule has 2 aliphatic rings. The van der Waals surface area contributed by atoms with Crippen molar-refractivity contribution in [3.8, 4) is 0 Å². The first-order valence-electron chi connectivity index (χ1n) is 5.76. The van der Waals surface area contributed by atoms with Gasteiger partial charge in [-0.15, -0.1) is 0 Å². The molecule has 2 fully saturated rings. The second kappa shape index (κ2) is 4.30. The number of hydrogen-bond acceptors (Lipinski definition) is 2. The minimum absolute atomic E-state index is 0.292. The van der Waals surface area contributed by atoms with Gasteiger partial charge in [0.05, 0.1) is 0 Å². The van der Waals surface area contributed by atoms with E-state index in [-0.39, 0.29) is 0 Å². The summed E-state index contributed by atoms with van der Waals surface area (Å²) in [5.41, 5.74) is 0. The SMILES string of the molecule is CC1CNC(=O)C(C2CCNCC2)C1. The molecule has 0 radical (unpaired) electrons. The van der Waals surface area contributed by atoms with E-state index >= 15 is 0 Å². The fraction of sp³-hybridized carbons (Fsp3) is 0.909. The van der Waals surface area contributed by atoms with Gasteiger partial charge in [-0.3, -0.25) is 4.79 Å². The fourth-order valence-electron chi connectivity index (χ4n) is 2.68. The second-order valence-electron chi connectivity index (χ2n) is 4.78. The van der Waals surface area contributed by atoms with Crippen LogP contribution in [0.3, 0.4) is 0 Å². The van der Waals surface area contributed by atoms with Gasteiger partial charge in [-0.1, -0.05) is 6.92 Å². The van der Waals surface area contributed by atoms with E-state index in [1.54, 1.807) is 0 Å². The smallest absolute Gasteiger partial charge is 0.223 e. The molecule has 0 aromatic rings. The van der Waals surface area contributed by atoms with Crippen molar-refractivity contribution in [2.75, 3.05) is 19.6 Å². The van der Waals surface area contributed by atoms with E-state index in [1.165, 1.54) is 12.8 Å². The summed E-state index contributed by atoms with van der Waals surface area (Å²) in [6.45, 7) is 5.28. The Bertz CT molecular complexity index is 211. The molecule has 14 heavy (non-hydrogen) atoms. The molecule has 2 rings (SSSR count). The molecule has 2 atom stereocenters. The molecule has 3 heteroatoms. The van der Waals surface area contributed by atoms with E-state index < -0.39 is 0 Å². The average Bonchev–Trinajstić information content (AvgIpc) is 2.23. The number of carbonyl (C=O) groups is 1. The van der Waals surface area contributed by atoms with Crippen molar-refractivity contribution in [2.24, 2.45) is 17.8 Å². The molecule has 0 saturated carbocycles. The van der Waals surface area contributed by atoms with Crippen LogP contribution in [-0.4, -0.2) is 25.5 Å². The quantitative estimate of drug-likeness (QED) is 0.650. The molecule has 80 valence electrons. The second-order valence-corrected chi connectivity index (χ2v) is 4.78. The van der Waals surface area contributed by atoms with Crippen LogP contribution in [-0.2, 0) is 4.79 Å². The lowest BCUT2D eigenvalue weighted by Gasteiger charge is -2.34.